The van der Waals surface area contributed by atoms with Gasteiger partial charge in [0.25, 0.3) is 0 Å². The third kappa shape index (κ3) is 51.3. The Hall–Kier alpha value is -1.59. The van der Waals surface area contributed by atoms with Crippen molar-refractivity contribution in [3.8, 4) is 0 Å². The van der Waals surface area contributed by atoms with Gasteiger partial charge in [0.1, 0.15) is 13.2 Å². The second kappa shape index (κ2) is 51.4. The number of hydrogen-bond acceptors (Lipinski definition) is 6. The van der Waals surface area contributed by atoms with Crippen LogP contribution >= 0.6 is 0 Å². The molecule has 0 radical (unpaired) electrons. The summed E-state index contributed by atoms with van der Waals surface area (Å²) in [5.41, 5.74) is 0. The Morgan fingerprint density at radius 3 is 0.778 bits per heavy atom. The molecule has 63 heavy (non-hydrogen) atoms. The van der Waals surface area contributed by atoms with E-state index in [9.17, 15) is 14.4 Å². The molecular formula is C57H110O6. The van der Waals surface area contributed by atoms with Gasteiger partial charge >= 0.3 is 17.9 Å². The predicted molar refractivity (Wildman–Crippen MR) is 270 cm³/mol. The molecule has 0 fully saturated rings. The third-order valence-electron chi connectivity index (χ3n) is 13.0. The number of ether oxygens (including phenoxy) is 3. The molecule has 1 atom stereocenters. The Morgan fingerprint density at radius 1 is 0.302 bits per heavy atom. The minimum absolute atomic E-state index is 0.0621. The predicted octanol–water partition coefficient (Wildman–Crippen LogP) is 18.6. The highest BCUT2D eigenvalue weighted by Gasteiger charge is 2.19. The number of rotatable bonds is 52. The fraction of sp³-hybridized carbons (Fsp3) is 0.947. The Balaban J connectivity index is 4.21. The first kappa shape index (κ1) is 61.4. The van der Waals surface area contributed by atoms with E-state index in [0.717, 1.165) is 63.7 Å². The van der Waals surface area contributed by atoms with Crippen LogP contribution in [0.5, 0.6) is 0 Å². The summed E-state index contributed by atoms with van der Waals surface area (Å²) in [6.45, 7) is 9.05. The molecule has 6 nitrogen and oxygen atoms in total. The van der Waals surface area contributed by atoms with Crippen LogP contribution in [0.4, 0.5) is 0 Å². The first-order chi connectivity index (χ1) is 30.9. The minimum atomic E-state index is -0.761. The number of unbranched alkanes of at least 4 members (excludes halogenated alkanes) is 39. The van der Waals surface area contributed by atoms with Gasteiger partial charge in [0.05, 0.1) is 0 Å². The van der Waals surface area contributed by atoms with E-state index in [-0.39, 0.29) is 31.1 Å². The maximum Gasteiger partial charge on any atom is 0.306 e. The van der Waals surface area contributed by atoms with Crippen molar-refractivity contribution in [1.29, 1.82) is 0 Å². The molecule has 0 aromatic rings. The van der Waals surface area contributed by atoms with Gasteiger partial charge in [0, 0.05) is 19.3 Å². The maximum absolute atomic E-state index is 12.8. The van der Waals surface area contributed by atoms with E-state index in [4.69, 9.17) is 14.2 Å². The Morgan fingerprint density at radius 2 is 0.524 bits per heavy atom. The van der Waals surface area contributed by atoms with E-state index in [1.807, 2.05) is 0 Å². The van der Waals surface area contributed by atoms with Crippen LogP contribution in [-0.2, 0) is 28.6 Å². The van der Waals surface area contributed by atoms with E-state index in [1.165, 1.54) is 218 Å². The number of esters is 3. The molecule has 0 aromatic carbocycles. The molecule has 0 bridgehead atoms. The van der Waals surface area contributed by atoms with Gasteiger partial charge < -0.3 is 14.2 Å². The van der Waals surface area contributed by atoms with E-state index in [1.54, 1.807) is 0 Å². The van der Waals surface area contributed by atoms with E-state index in [0.29, 0.717) is 19.3 Å². The smallest absolute Gasteiger partial charge is 0.306 e. The topological polar surface area (TPSA) is 78.9 Å². The normalized spacial score (nSPS) is 12.0. The van der Waals surface area contributed by atoms with E-state index < -0.39 is 6.10 Å². The number of carbonyl (C=O) groups excluding carboxylic acids is 3. The van der Waals surface area contributed by atoms with Crippen molar-refractivity contribution in [2.24, 2.45) is 5.92 Å². The molecule has 0 aromatic heterocycles. The van der Waals surface area contributed by atoms with Crippen LogP contribution in [0.3, 0.4) is 0 Å². The Kier molecular flexibility index (Phi) is 50.1. The zero-order chi connectivity index (χ0) is 45.9. The monoisotopic (exact) mass is 891 g/mol. The van der Waals surface area contributed by atoms with Crippen molar-refractivity contribution in [1.82, 2.24) is 0 Å². The molecule has 0 aliphatic carbocycles. The first-order valence-electron chi connectivity index (χ1n) is 28.4. The minimum Gasteiger partial charge on any atom is -0.462 e. The number of hydrogen-bond donors (Lipinski definition) is 0. The van der Waals surface area contributed by atoms with Gasteiger partial charge in [-0.2, -0.15) is 0 Å². The van der Waals surface area contributed by atoms with Gasteiger partial charge in [-0.25, -0.2) is 0 Å². The largest absolute Gasteiger partial charge is 0.462 e. The lowest BCUT2D eigenvalue weighted by molar-refractivity contribution is -0.167. The first-order valence-corrected chi connectivity index (χ1v) is 28.4. The lowest BCUT2D eigenvalue weighted by atomic mass is 10.0. The fourth-order valence-electron chi connectivity index (χ4n) is 8.75. The van der Waals surface area contributed by atoms with Crippen LogP contribution in [0.25, 0.3) is 0 Å². The van der Waals surface area contributed by atoms with E-state index in [2.05, 4.69) is 27.7 Å². The molecule has 0 unspecified atom stereocenters. The van der Waals surface area contributed by atoms with Crippen molar-refractivity contribution in [2.45, 2.75) is 329 Å². The van der Waals surface area contributed by atoms with Crippen LogP contribution in [-0.4, -0.2) is 37.2 Å². The average Bonchev–Trinajstić information content (AvgIpc) is 3.27. The third-order valence-corrected chi connectivity index (χ3v) is 13.0. The fourth-order valence-corrected chi connectivity index (χ4v) is 8.75. The molecule has 0 amide bonds. The van der Waals surface area contributed by atoms with Crippen LogP contribution in [0, 0.1) is 5.92 Å². The molecule has 0 heterocycles. The molecule has 0 spiro atoms. The molecule has 0 aliphatic rings. The van der Waals surface area contributed by atoms with E-state index >= 15 is 0 Å². The second-order valence-corrected chi connectivity index (χ2v) is 20.1. The van der Waals surface area contributed by atoms with Crippen molar-refractivity contribution < 1.29 is 28.6 Å². The SMILES string of the molecule is CCCCCCCCCCCCCCCCCCCC(=O)OC[C@@H](COC(=O)CCCCCCCCCCC)OC(=O)CCCCCCCCCCCCCCCCCCC(C)C. The Bertz CT molecular complexity index is 949. The number of carbonyl (C=O) groups is 3. The summed E-state index contributed by atoms with van der Waals surface area (Å²) in [5, 5.41) is 0. The summed E-state index contributed by atoms with van der Waals surface area (Å²) in [7, 11) is 0. The molecule has 6 heteroatoms. The highest BCUT2D eigenvalue weighted by Crippen LogP contribution is 2.18. The summed E-state index contributed by atoms with van der Waals surface area (Å²) in [5.74, 6) is 0.0119. The summed E-state index contributed by atoms with van der Waals surface area (Å²) < 4.78 is 16.8. The molecule has 0 saturated heterocycles. The molecular weight excluding hydrogens is 781 g/mol. The zero-order valence-electron chi connectivity index (χ0n) is 43.0. The van der Waals surface area contributed by atoms with Crippen molar-refractivity contribution >= 4 is 17.9 Å². The lowest BCUT2D eigenvalue weighted by Gasteiger charge is -2.18. The average molecular weight is 892 g/mol. The molecule has 374 valence electrons. The summed E-state index contributed by atoms with van der Waals surface area (Å²) in [6.07, 6.45) is 55.3. The lowest BCUT2D eigenvalue weighted by Crippen LogP contribution is -2.30. The van der Waals surface area contributed by atoms with Gasteiger partial charge in [0.15, 0.2) is 6.10 Å². The summed E-state index contributed by atoms with van der Waals surface area (Å²) >= 11 is 0. The maximum atomic E-state index is 12.8. The van der Waals surface area contributed by atoms with Crippen LogP contribution < -0.4 is 0 Å². The van der Waals surface area contributed by atoms with Crippen molar-refractivity contribution in [3.63, 3.8) is 0 Å². The highest BCUT2D eigenvalue weighted by atomic mass is 16.6. The molecule has 0 rings (SSSR count). The van der Waals surface area contributed by atoms with Gasteiger partial charge in [-0.3, -0.25) is 14.4 Å². The molecule has 0 aliphatic heterocycles. The second-order valence-electron chi connectivity index (χ2n) is 20.1. The summed E-state index contributed by atoms with van der Waals surface area (Å²) in [6, 6.07) is 0. The van der Waals surface area contributed by atoms with Gasteiger partial charge in [-0.15, -0.1) is 0 Å². The van der Waals surface area contributed by atoms with Gasteiger partial charge in [-0.05, 0) is 25.2 Å². The van der Waals surface area contributed by atoms with Gasteiger partial charge in [-0.1, -0.05) is 285 Å². The van der Waals surface area contributed by atoms with Gasteiger partial charge in [0.2, 0.25) is 0 Å². The standard InChI is InChI=1S/C57H110O6/c1-5-7-9-11-13-15-16-17-18-19-23-26-29-33-37-41-45-49-56(59)62-52-54(51-61-55(58)48-44-40-36-31-14-12-10-8-6-2)63-57(60)50-46-42-38-34-30-27-24-21-20-22-25-28-32-35-39-43-47-53(3)4/h53-54H,5-52H2,1-4H3/t54-/m1/s1. The molecule has 0 saturated carbocycles. The van der Waals surface area contributed by atoms with Crippen LogP contribution in [0.15, 0.2) is 0 Å². The Labute approximate surface area is 393 Å². The quantitative estimate of drug-likeness (QED) is 0.0344. The van der Waals surface area contributed by atoms with Crippen molar-refractivity contribution in [2.75, 3.05) is 13.2 Å². The zero-order valence-corrected chi connectivity index (χ0v) is 43.0. The van der Waals surface area contributed by atoms with Crippen molar-refractivity contribution in [3.05, 3.63) is 0 Å². The molecule has 0 N–H and O–H groups in total. The van der Waals surface area contributed by atoms with Crippen LogP contribution in [0.2, 0.25) is 0 Å². The summed E-state index contributed by atoms with van der Waals surface area (Å²) in [4.78, 5) is 38.0. The highest BCUT2D eigenvalue weighted by molar-refractivity contribution is 5.71. The van der Waals surface area contributed by atoms with Crippen LogP contribution in [0.1, 0.15) is 323 Å².